The third-order valence-electron chi connectivity index (χ3n) is 4.88. The van der Waals surface area contributed by atoms with Gasteiger partial charge in [0.15, 0.2) is 5.11 Å². The molecule has 2 N–H and O–H groups in total. The maximum absolute atomic E-state index is 12.3. The lowest BCUT2D eigenvalue weighted by Gasteiger charge is -2.09. The number of hydrogen-bond acceptors (Lipinski definition) is 5. The Morgan fingerprint density at radius 3 is 2.68 bits per heavy atom. The Labute approximate surface area is 216 Å². The van der Waals surface area contributed by atoms with Gasteiger partial charge in [0.2, 0.25) is 0 Å². The Morgan fingerprint density at radius 1 is 1.15 bits per heavy atom. The van der Waals surface area contributed by atoms with Crippen molar-refractivity contribution in [2.24, 2.45) is 0 Å². The van der Waals surface area contributed by atoms with Gasteiger partial charge in [-0.15, -0.1) is 11.3 Å². The summed E-state index contributed by atoms with van der Waals surface area (Å²) in [5, 5.41) is 12.7. The molecule has 2 aromatic carbocycles. The predicted molar refractivity (Wildman–Crippen MR) is 143 cm³/mol. The third kappa shape index (κ3) is 6.15. The summed E-state index contributed by atoms with van der Waals surface area (Å²) in [7, 11) is 1.36. The Bertz CT molecular complexity index is 1320. The second kappa shape index (κ2) is 11.0. The normalized spacial score (nSPS) is 10.7. The van der Waals surface area contributed by atoms with Crippen molar-refractivity contribution in [3.63, 3.8) is 0 Å². The molecule has 0 aliphatic carbocycles. The molecule has 2 heterocycles. The Hall–Kier alpha value is -2.91. The summed E-state index contributed by atoms with van der Waals surface area (Å²) in [4.78, 5) is 13.3. The topological polar surface area (TPSA) is 68.2 Å². The number of carbonyl (C=O) groups excluding carboxylic acids is 1. The first-order valence-corrected chi connectivity index (χ1v) is 12.2. The van der Waals surface area contributed by atoms with Crippen LogP contribution in [0.2, 0.25) is 10.0 Å². The Morgan fingerprint density at radius 2 is 1.94 bits per heavy atom. The molecule has 6 nitrogen and oxygen atoms in total. The molecular weight excluding hydrogens is 511 g/mol. The van der Waals surface area contributed by atoms with Crippen LogP contribution in [0.1, 0.15) is 26.4 Å². The van der Waals surface area contributed by atoms with E-state index < -0.39 is 5.97 Å². The van der Waals surface area contributed by atoms with Crippen LogP contribution >= 0.6 is 46.8 Å². The first-order chi connectivity index (χ1) is 16.4. The molecular formula is C24H20Cl2N4O2S2. The van der Waals surface area contributed by atoms with E-state index in [1.54, 1.807) is 23.0 Å². The molecule has 0 fully saturated rings. The quantitative estimate of drug-likeness (QED) is 0.210. The van der Waals surface area contributed by atoms with E-state index in [0.717, 1.165) is 16.0 Å². The molecule has 0 saturated carbocycles. The van der Waals surface area contributed by atoms with E-state index in [0.29, 0.717) is 44.4 Å². The van der Waals surface area contributed by atoms with Crippen LogP contribution in [-0.4, -0.2) is 28.0 Å². The number of nitrogens with one attached hydrogen (secondary N) is 2. The smallest absolute Gasteiger partial charge is 0.340 e. The molecule has 2 aromatic heterocycles. The number of aromatic nitrogens is 2. The molecule has 174 valence electrons. The van der Waals surface area contributed by atoms with Crippen LogP contribution in [0.5, 0.6) is 0 Å². The zero-order valence-corrected chi connectivity index (χ0v) is 21.2. The maximum Gasteiger partial charge on any atom is 0.340 e. The van der Waals surface area contributed by atoms with Crippen molar-refractivity contribution in [2.75, 3.05) is 17.7 Å². The highest BCUT2D eigenvalue weighted by Gasteiger charge is 2.18. The van der Waals surface area contributed by atoms with Crippen LogP contribution in [0, 0.1) is 0 Å². The van der Waals surface area contributed by atoms with Crippen LogP contribution < -0.4 is 10.6 Å². The lowest BCUT2D eigenvalue weighted by atomic mass is 10.1. The van der Waals surface area contributed by atoms with Crippen molar-refractivity contribution in [3.8, 4) is 0 Å². The van der Waals surface area contributed by atoms with Gasteiger partial charge >= 0.3 is 5.97 Å². The standard InChI is InChI=1S/C24H20Cl2N4O2S2/c1-32-23(31)20-11-19(9-15-5-3-2-4-6-15)34-22(20)29-24(33)28-18-12-27-30(14-18)13-16-7-8-17(25)10-21(16)26/h2-8,10-12,14H,9,13H2,1H3,(H2,28,29,33). The highest BCUT2D eigenvalue weighted by Crippen LogP contribution is 2.31. The molecule has 0 saturated heterocycles. The van der Waals surface area contributed by atoms with Gasteiger partial charge in [0.1, 0.15) is 5.00 Å². The molecule has 10 heteroatoms. The number of hydrogen-bond donors (Lipinski definition) is 2. The van der Waals surface area contributed by atoms with Gasteiger partial charge in [0, 0.05) is 27.5 Å². The summed E-state index contributed by atoms with van der Waals surface area (Å²) in [5.41, 5.74) is 3.19. The number of thiophene rings is 1. The summed E-state index contributed by atoms with van der Waals surface area (Å²) < 4.78 is 6.69. The SMILES string of the molecule is COC(=O)c1cc(Cc2ccccc2)sc1NC(=S)Nc1cnn(Cc2ccc(Cl)cc2Cl)c1. The van der Waals surface area contributed by atoms with Gasteiger partial charge in [-0.3, -0.25) is 4.68 Å². The zero-order chi connectivity index (χ0) is 24.1. The van der Waals surface area contributed by atoms with E-state index >= 15 is 0 Å². The number of anilines is 2. The lowest BCUT2D eigenvalue weighted by Crippen LogP contribution is -2.19. The average Bonchev–Trinajstić information content (AvgIpc) is 3.42. The molecule has 4 aromatic rings. The number of thiocarbonyl (C=S) groups is 1. The van der Waals surface area contributed by atoms with Gasteiger partial charge in [0.05, 0.1) is 31.1 Å². The minimum absolute atomic E-state index is 0.335. The molecule has 0 aliphatic heterocycles. The fourth-order valence-electron chi connectivity index (χ4n) is 3.29. The van der Waals surface area contributed by atoms with Gasteiger partial charge in [0.25, 0.3) is 0 Å². The summed E-state index contributed by atoms with van der Waals surface area (Å²) in [6.07, 6.45) is 4.18. The van der Waals surface area contributed by atoms with Crippen LogP contribution in [0.3, 0.4) is 0 Å². The van der Waals surface area contributed by atoms with Crippen molar-refractivity contribution < 1.29 is 9.53 Å². The third-order valence-corrected chi connectivity index (χ3v) is 6.72. The lowest BCUT2D eigenvalue weighted by molar-refractivity contribution is 0.0602. The minimum atomic E-state index is -0.423. The first-order valence-electron chi connectivity index (χ1n) is 10.2. The average molecular weight is 531 g/mol. The van der Waals surface area contributed by atoms with Gasteiger partial charge in [-0.25, -0.2) is 4.79 Å². The molecule has 0 atom stereocenters. The number of esters is 1. The van der Waals surface area contributed by atoms with Crippen LogP contribution in [-0.2, 0) is 17.7 Å². The number of methoxy groups -OCH3 is 1. The number of nitrogens with zero attached hydrogens (tertiary/aromatic N) is 2. The van der Waals surface area contributed by atoms with E-state index in [1.807, 2.05) is 48.7 Å². The number of ether oxygens (including phenoxy) is 1. The maximum atomic E-state index is 12.3. The molecule has 0 amide bonds. The van der Waals surface area contributed by atoms with Gasteiger partial charge < -0.3 is 15.4 Å². The van der Waals surface area contributed by atoms with Crippen molar-refractivity contribution in [2.45, 2.75) is 13.0 Å². The zero-order valence-electron chi connectivity index (χ0n) is 18.0. The minimum Gasteiger partial charge on any atom is -0.465 e. The number of rotatable bonds is 7. The first kappa shape index (κ1) is 24.2. The van der Waals surface area contributed by atoms with E-state index in [9.17, 15) is 4.79 Å². The summed E-state index contributed by atoms with van der Waals surface area (Å²) in [5.74, 6) is -0.423. The van der Waals surface area contributed by atoms with Gasteiger partial charge in [-0.1, -0.05) is 59.6 Å². The Kier molecular flexibility index (Phi) is 7.84. The van der Waals surface area contributed by atoms with Crippen LogP contribution in [0.15, 0.2) is 67.0 Å². The predicted octanol–water partition coefficient (Wildman–Crippen LogP) is 6.49. The fourth-order valence-corrected chi connectivity index (χ4v) is 5.12. The van der Waals surface area contributed by atoms with Gasteiger partial charge in [-0.05, 0) is 41.5 Å². The van der Waals surface area contributed by atoms with E-state index in [1.165, 1.54) is 18.4 Å². The van der Waals surface area contributed by atoms with Crippen molar-refractivity contribution in [1.82, 2.24) is 9.78 Å². The number of carbonyl (C=O) groups is 1. The largest absolute Gasteiger partial charge is 0.465 e. The van der Waals surface area contributed by atoms with E-state index in [-0.39, 0.29) is 0 Å². The molecule has 0 aliphatic rings. The number of benzene rings is 2. The second-order valence-electron chi connectivity index (χ2n) is 7.35. The molecule has 0 radical (unpaired) electrons. The Balaban J connectivity index is 1.43. The molecule has 0 spiro atoms. The van der Waals surface area contributed by atoms with Crippen LogP contribution in [0.4, 0.5) is 10.7 Å². The second-order valence-corrected chi connectivity index (χ2v) is 9.74. The molecule has 0 unspecified atom stereocenters. The molecule has 34 heavy (non-hydrogen) atoms. The monoisotopic (exact) mass is 530 g/mol. The van der Waals surface area contributed by atoms with E-state index in [2.05, 4.69) is 15.7 Å². The summed E-state index contributed by atoms with van der Waals surface area (Å²) in [6, 6.07) is 17.2. The molecule has 4 rings (SSSR count). The highest BCUT2D eigenvalue weighted by atomic mass is 35.5. The summed E-state index contributed by atoms with van der Waals surface area (Å²) >= 11 is 19.2. The highest BCUT2D eigenvalue weighted by molar-refractivity contribution is 7.80. The van der Waals surface area contributed by atoms with E-state index in [4.69, 9.17) is 40.2 Å². The van der Waals surface area contributed by atoms with Crippen LogP contribution in [0.25, 0.3) is 0 Å². The molecule has 0 bridgehead atoms. The van der Waals surface area contributed by atoms with Crippen molar-refractivity contribution in [3.05, 3.63) is 98.6 Å². The van der Waals surface area contributed by atoms with Crippen molar-refractivity contribution >= 4 is 68.5 Å². The van der Waals surface area contributed by atoms with Crippen molar-refractivity contribution in [1.29, 1.82) is 0 Å². The summed E-state index contributed by atoms with van der Waals surface area (Å²) in [6.45, 7) is 0.484. The fraction of sp³-hybridized carbons (Fsp3) is 0.125. The number of halogens is 2. The van der Waals surface area contributed by atoms with Gasteiger partial charge in [-0.2, -0.15) is 5.10 Å².